The third-order valence-corrected chi connectivity index (χ3v) is 5.60. The van der Waals surface area contributed by atoms with Crippen LogP contribution in [0.25, 0.3) is 0 Å². The molecule has 0 aromatic rings. The number of carbonyl (C=O) groups excluding carboxylic acids is 1. The van der Waals surface area contributed by atoms with Crippen molar-refractivity contribution >= 4 is 23.7 Å². The Kier molecular flexibility index (Phi) is 21.0. The molecule has 0 saturated carbocycles. The molecule has 4 nitrogen and oxygen atoms in total. The summed E-state index contributed by atoms with van der Waals surface area (Å²) in [5, 5.41) is 8.49. The molecule has 0 saturated heterocycles. The van der Waals surface area contributed by atoms with E-state index >= 15 is 0 Å². The van der Waals surface area contributed by atoms with E-state index in [1.54, 1.807) is 0 Å². The van der Waals surface area contributed by atoms with Crippen molar-refractivity contribution in [3.8, 4) is 0 Å². The second kappa shape index (κ2) is 21.6. The Morgan fingerprint density at radius 3 is 1.48 bits per heavy atom. The second-order valence-electron chi connectivity index (χ2n) is 7.41. The first kappa shape index (κ1) is 26.3. The van der Waals surface area contributed by atoms with Crippen LogP contribution in [0.5, 0.6) is 0 Å². The minimum atomic E-state index is -0.898. The van der Waals surface area contributed by atoms with Crippen LogP contribution in [0.3, 0.4) is 0 Å². The molecule has 0 rings (SSSR count). The van der Waals surface area contributed by atoms with Gasteiger partial charge in [-0.2, -0.15) is 0 Å². The van der Waals surface area contributed by atoms with Gasteiger partial charge in [0.1, 0.15) is 0 Å². The van der Waals surface area contributed by atoms with Crippen molar-refractivity contribution in [2.45, 2.75) is 110 Å². The summed E-state index contributed by atoms with van der Waals surface area (Å²) in [5.74, 6) is -1.12. The van der Waals surface area contributed by atoms with Crippen LogP contribution >= 0.6 is 11.8 Å². The molecule has 0 amide bonds. The molecular formula is C22H42O4S. The molecule has 27 heavy (non-hydrogen) atoms. The number of thioether (sulfide) groups is 1. The number of hydrogen-bond donors (Lipinski definition) is 1. The first-order chi connectivity index (χ1) is 13.2. The maximum absolute atomic E-state index is 11.3. The smallest absolute Gasteiger partial charge is 0.315 e. The highest BCUT2D eigenvalue weighted by molar-refractivity contribution is 8.00. The molecular weight excluding hydrogens is 360 g/mol. The molecule has 0 heterocycles. The number of carbonyl (C=O) groups is 2. The van der Waals surface area contributed by atoms with Gasteiger partial charge < -0.3 is 9.84 Å². The van der Waals surface area contributed by atoms with Crippen molar-refractivity contribution in [1.29, 1.82) is 0 Å². The summed E-state index contributed by atoms with van der Waals surface area (Å²) in [6, 6.07) is 0. The van der Waals surface area contributed by atoms with Gasteiger partial charge in [-0.05, 0) is 6.42 Å². The predicted octanol–water partition coefficient (Wildman–Crippen LogP) is 6.61. The average molecular weight is 403 g/mol. The monoisotopic (exact) mass is 402 g/mol. The Balaban J connectivity index is 3.10. The minimum absolute atomic E-state index is 0.0475. The molecule has 1 N–H and O–H groups in total. The summed E-state index contributed by atoms with van der Waals surface area (Å²) in [6.07, 6.45) is 21.2. The van der Waals surface area contributed by atoms with Gasteiger partial charge in [0.2, 0.25) is 0 Å². The summed E-state index contributed by atoms with van der Waals surface area (Å²) >= 11 is 1.08. The summed E-state index contributed by atoms with van der Waals surface area (Å²) in [5.41, 5.74) is 0. The van der Waals surface area contributed by atoms with E-state index in [2.05, 4.69) is 6.92 Å². The zero-order valence-electron chi connectivity index (χ0n) is 17.5. The van der Waals surface area contributed by atoms with E-state index in [1.807, 2.05) is 0 Å². The zero-order chi connectivity index (χ0) is 20.0. The Bertz CT molecular complexity index is 347. The van der Waals surface area contributed by atoms with Crippen molar-refractivity contribution < 1.29 is 19.4 Å². The van der Waals surface area contributed by atoms with Gasteiger partial charge in [0.25, 0.3) is 0 Å². The highest BCUT2D eigenvalue weighted by Crippen LogP contribution is 2.13. The number of ether oxygens (including phenoxy) is 1. The van der Waals surface area contributed by atoms with Crippen LogP contribution in [0.2, 0.25) is 0 Å². The zero-order valence-corrected chi connectivity index (χ0v) is 18.3. The van der Waals surface area contributed by atoms with Crippen molar-refractivity contribution in [3.05, 3.63) is 0 Å². The lowest BCUT2D eigenvalue weighted by atomic mass is 10.0. The maximum Gasteiger partial charge on any atom is 0.315 e. The van der Waals surface area contributed by atoms with Crippen molar-refractivity contribution in [2.24, 2.45) is 0 Å². The maximum atomic E-state index is 11.3. The van der Waals surface area contributed by atoms with E-state index in [0.29, 0.717) is 6.61 Å². The molecule has 0 aliphatic heterocycles. The van der Waals surface area contributed by atoms with E-state index in [1.165, 1.54) is 89.9 Å². The Morgan fingerprint density at radius 2 is 1.07 bits per heavy atom. The summed E-state index contributed by atoms with van der Waals surface area (Å²) in [7, 11) is 0. The van der Waals surface area contributed by atoms with Crippen LogP contribution < -0.4 is 0 Å². The predicted molar refractivity (Wildman–Crippen MR) is 115 cm³/mol. The van der Waals surface area contributed by atoms with Crippen molar-refractivity contribution in [3.63, 3.8) is 0 Å². The minimum Gasteiger partial charge on any atom is -0.481 e. The van der Waals surface area contributed by atoms with E-state index in [4.69, 9.17) is 9.84 Å². The van der Waals surface area contributed by atoms with E-state index < -0.39 is 5.97 Å². The van der Waals surface area contributed by atoms with Crippen LogP contribution in [0, 0.1) is 0 Å². The van der Waals surface area contributed by atoms with E-state index in [9.17, 15) is 9.59 Å². The molecule has 0 aliphatic rings. The van der Waals surface area contributed by atoms with Crippen LogP contribution in [0.4, 0.5) is 0 Å². The molecule has 0 spiro atoms. The molecule has 0 aromatic heterocycles. The molecule has 0 atom stereocenters. The highest BCUT2D eigenvalue weighted by Gasteiger charge is 2.05. The molecule has 0 radical (unpaired) electrons. The number of unbranched alkanes of at least 4 members (excludes halogenated alkanes) is 15. The Hall–Kier alpha value is -0.710. The molecule has 0 unspecified atom stereocenters. The Labute approximate surface area is 171 Å². The van der Waals surface area contributed by atoms with Crippen LogP contribution in [-0.4, -0.2) is 35.2 Å². The van der Waals surface area contributed by atoms with Crippen molar-refractivity contribution in [1.82, 2.24) is 0 Å². The number of aliphatic carboxylic acids is 1. The SMILES string of the molecule is CCCCCCCCCCCCCCCCCCOC(=O)CSCC(=O)O. The lowest BCUT2D eigenvalue weighted by Crippen LogP contribution is -2.10. The Morgan fingerprint density at radius 1 is 0.667 bits per heavy atom. The highest BCUT2D eigenvalue weighted by atomic mass is 32.2. The van der Waals surface area contributed by atoms with Gasteiger partial charge in [0, 0.05) is 0 Å². The summed E-state index contributed by atoms with van der Waals surface area (Å²) < 4.78 is 5.09. The van der Waals surface area contributed by atoms with Gasteiger partial charge in [-0.15, -0.1) is 11.8 Å². The molecule has 0 bridgehead atoms. The molecule has 0 fully saturated rings. The van der Waals surface area contributed by atoms with Crippen molar-refractivity contribution in [2.75, 3.05) is 18.1 Å². The van der Waals surface area contributed by atoms with Gasteiger partial charge >= 0.3 is 11.9 Å². The first-order valence-corrected chi connectivity index (χ1v) is 12.3. The second-order valence-corrected chi connectivity index (χ2v) is 8.40. The number of rotatable bonds is 21. The fourth-order valence-electron chi connectivity index (χ4n) is 3.10. The van der Waals surface area contributed by atoms with Gasteiger partial charge in [-0.25, -0.2) is 0 Å². The topological polar surface area (TPSA) is 63.6 Å². The quantitative estimate of drug-likeness (QED) is 0.173. The first-order valence-electron chi connectivity index (χ1n) is 11.1. The standard InChI is InChI=1S/C22H42O4S/c1-2-3-4-5-6-7-8-9-10-11-12-13-14-15-16-17-18-26-22(25)20-27-19-21(23)24/h2-20H2,1H3,(H,23,24). The molecule has 0 aromatic carbocycles. The number of hydrogen-bond acceptors (Lipinski definition) is 4. The summed E-state index contributed by atoms with van der Waals surface area (Å²) in [6.45, 7) is 2.73. The van der Waals surface area contributed by atoms with Crippen LogP contribution in [0.1, 0.15) is 110 Å². The van der Waals surface area contributed by atoms with Gasteiger partial charge in [0.05, 0.1) is 18.1 Å². The average Bonchev–Trinajstić information content (AvgIpc) is 2.64. The molecule has 5 heteroatoms. The number of carboxylic acids is 1. The normalized spacial score (nSPS) is 10.9. The van der Waals surface area contributed by atoms with E-state index in [-0.39, 0.29) is 17.5 Å². The third kappa shape index (κ3) is 23.3. The molecule has 0 aliphatic carbocycles. The third-order valence-electron chi connectivity index (χ3n) is 4.71. The fourth-order valence-corrected chi connectivity index (χ4v) is 3.63. The lowest BCUT2D eigenvalue weighted by molar-refractivity contribution is -0.140. The largest absolute Gasteiger partial charge is 0.481 e. The fraction of sp³-hybridized carbons (Fsp3) is 0.909. The lowest BCUT2D eigenvalue weighted by Gasteiger charge is -2.05. The van der Waals surface area contributed by atoms with Crippen LogP contribution in [-0.2, 0) is 14.3 Å². The van der Waals surface area contributed by atoms with Gasteiger partial charge in [-0.3, -0.25) is 9.59 Å². The van der Waals surface area contributed by atoms with Gasteiger partial charge in [-0.1, -0.05) is 103 Å². The van der Waals surface area contributed by atoms with Gasteiger partial charge in [0.15, 0.2) is 0 Å². The number of esters is 1. The molecule has 160 valence electrons. The number of carboxylic acid groups (broad SMARTS) is 1. The van der Waals surface area contributed by atoms with Crippen LogP contribution in [0.15, 0.2) is 0 Å². The van der Waals surface area contributed by atoms with E-state index in [0.717, 1.165) is 24.6 Å². The summed E-state index contributed by atoms with van der Waals surface area (Å²) in [4.78, 5) is 21.7.